The zero-order valence-corrected chi connectivity index (χ0v) is 14.2. The molecule has 2 atom stereocenters. The summed E-state index contributed by atoms with van der Waals surface area (Å²) in [5.74, 6) is 0.145. The Balaban J connectivity index is 1.70. The third-order valence-electron chi connectivity index (χ3n) is 3.99. The van der Waals surface area contributed by atoms with Gasteiger partial charge in [-0.1, -0.05) is 41.6 Å². The number of fused-ring (bicyclic) bond motifs is 1. The van der Waals surface area contributed by atoms with Crippen LogP contribution in [0, 0.1) is 6.92 Å². The molecule has 3 rings (SSSR count). The van der Waals surface area contributed by atoms with Gasteiger partial charge in [-0.15, -0.1) is 0 Å². The third kappa shape index (κ3) is 3.20. The number of carbonyl (C=O) groups is 1. The van der Waals surface area contributed by atoms with Crippen molar-refractivity contribution in [3.05, 3.63) is 35.4 Å². The first-order chi connectivity index (χ1) is 10.3. The Morgan fingerprint density at radius 3 is 2.86 bits per heavy atom. The maximum Gasteiger partial charge on any atom is 0.252 e. The van der Waals surface area contributed by atoms with E-state index in [0.717, 1.165) is 11.1 Å². The molecule has 0 aliphatic carbocycles. The monoisotopic (exact) mass is 338 g/mol. The maximum atomic E-state index is 12.1. The van der Waals surface area contributed by atoms with Crippen LogP contribution in [0.3, 0.4) is 0 Å². The number of rotatable bonds is 2. The number of benzene rings is 1. The highest BCUT2D eigenvalue weighted by molar-refractivity contribution is 8.15. The number of thioether (sulfide) groups is 1. The zero-order valence-electron chi connectivity index (χ0n) is 12.5. The highest BCUT2D eigenvalue weighted by atomic mass is 32.2. The molecule has 1 aromatic carbocycles. The molecule has 22 heavy (non-hydrogen) atoms. The van der Waals surface area contributed by atoms with E-state index in [-0.39, 0.29) is 35.1 Å². The molecule has 0 spiro atoms. The first-order valence-electron chi connectivity index (χ1n) is 7.11. The smallest absolute Gasteiger partial charge is 0.252 e. The molecule has 2 saturated heterocycles. The fourth-order valence-corrected chi connectivity index (χ4v) is 6.89. The predicted molar refractivity (Wildman–Crippen MR) is 88.9 cm³/mol. The molecule has 1 amide bonds. The van der Waals surface area contributed by atoms with E-state index >= 15 is 0 Å². The molecule has 5 nitrogen and oxygen atoms in total. The number of hydrogen-bond acceptors (Lipinski definition) is 4. The van der Waals surface area contributed by atoms with E-state index in [4.69, 9.17) is 0 Å². The van der Waals surface area contributed by atoms with Gasteiger partial charge in [0, 0.05) is 12.3 Å². The summed E-state index contributed by atoms with van der Waals surface area (Å²) in [6.07, 6.45) is 0.271. The van der Waals surface area contributed by atoms with Gasteiger partial charge in [0.2, 0.25) is 0 Å². The molecule has 2 heterocycles. The second-order valence-corrected chi connectivity index (χ2v) is 9.23. The molecule has 1 aromatic rings. The van der Waals surface area contributed by atoms with Gasteiger partial charge in [-0.2, -0.15) is 4.99 Å². The van der Waals surface area contributed by atoms with Gasteiger partial charge in [-0.05, 0) is 12.5 Å². The van der Waals surface area contributed by atoms with E-state index in [1.807, 2.05) is 43.1 Å². The van der Waals surface area contributed by atoms with Crippen molar-refractivity contribution in [2.75, 3.05) is 18.6 Å². The van der Waals surface area contributed by atoms with Crippen molar-refractivity contribution in [2.24, 2.45) is 4.99 Å². The van der Waals surface area contributed by atoms with Gasteiger partial charge >= 0.3 is 0 Å². The highest BCUT2D eigenvalue weighted by Crippen LogP contribution is 2.36. The van der Waals surface area contributed by atoms with Gasteiger partial charge < -0.3 is 4.90 Å². The van der Waals surface area contributed by atoms with Crippen LogP contribution in [-0.2, 0) is 21.1 Å². The number of amides is 1. The van der Waals surface area contributed by atoms with Crippen LogP contribution in [0.5, 0.6) is 0 Å². The quantitative estimate of drug-likeness (QED) is 0.812. The predicted octanol–water partition coefficient (Wildman–Crippen LogP) is 1.26. The fraction of sp³-hybridized carbons (Fsp3) is 0.467. The maximum absolute atomic E-state index is 12.1. The van der Waals surface area contributed by atoms with Crippen molar-refractivity contribution >= 4 is 32.7 Å². The summed E-state index contributed by atoms with van der Waals surface area (Å²) >= 11 is 1.41. The molecule has 0 N–H and O–H groups in total. The third-order valence-corrected chi connectivity index (χ3v) is 7.29. The Hall–Kier alpha value is -1.34. The molecule has 0 unspecified atom stereocenters. The van der Waals surface area contributed by atoms with Crippen LogP contribution >= 0.6 is 11.8 Å². The Bertz CT molecular complexity index is 743. The van der Waals surface area contributed by atoms with Crippen molar-refractivity contribution in [2.45, 2.75) is 24.6 Å². The van der Waals surface area contributed by atoms with E-state index in [0.29, 0.717) is 5.17 Å². The SMILES string of the molecule is Cc1cccc(CC(=O)N=C2S[C@H]3CS(=O)(=O)C[C@@H]3N2C)c1. The molecular weight excluding hydrogens is 320 g/mol. The second kappa shape index (κ2) is 5.70. The Morgan fingerprint density at radius 1 is 1.41 bits per heavy atom. The van der Waals surface area contributed by atoms with E-state index in [1.165, 1.54) is 11.8 Å². The van der Waals surface area contributed by atoms with Gasteiger partial charge in [0.1, 0.15) is 0 Å². The van der Waals surface area contributed by atoms with Gasteiger partial charge in [0.15, 0.2) is 15.0 Å². The summed E-state index contributed by atoms with van der Waals surface area (Å²) < 4.78 is 23.3. The Kier molecular flexibility index (Phi) is 4.03. The Labute approximate surface area is 134 Å². The van der Waals surface area contributed by atoms with Gasteiger partial charge in [0.05, 0.1) is 24.0 Å². The minimum absolute atomic E-state index is 0.000481. The minimum atomic E-state index is -2.95. The Morgan fingerprint density at radius 2 is 2.18 bits per heavy atom. The number of aliphatic imine (C=N–C) groups is 1. The highest BCUT2D eigenvalue weighted by Gasteiger charge is 2.47. The second-order valence-electron chi connectivity index (χ2n) is 5.87. The van der Waals surface area contributed by atoms with Crippen LogP contribution in [0.25, 0.3) is 0 Å². The summed E-state index contributed by atoms with van der Waals surface area (Å²) in [4.78, 5) is 18.2. The molecule has 0 aromatic heterocycles. The van der Waals surface area contributed by atoms with Crippen LogP contribution < -0.4 is 0 Å². The van der Waals surface area contributed by atoms with Gasteiger partial charge in [0.25, 0.3) is 5.91 Å². The zero-order chi connectivity index (χ0) is 15.9. The molecule has 0 radical (unpaired) electrons. The average molecular weight is 338 g/mol. The summed E-state index contributed by atoms with van der Waals surface area (Å²) in [6.45, 7) is 1.99. The number of hydrogen-bond donors (Lipinski definition) is 0. The summed E-state index contributed by atoms with van der Waals surface area (Å²) in [5.41, 5.74) is 2.06. The van der Waals surface area contributed by atoms with Crippen LogP contribution in [0.2, 0.25) is 0 Å². The number of nitrogens with zero attached hydrogens (tertiary/aromatic N) is 2. The van der Waals surface area contributed by atoms with Crippen LogP contribution in [0.15, 0.2) is 29.3 Å². The fourth-order valence-electron chi connectivity index (χ4n) is 2.88. The molecule has 2 aliphatic heterocycles. The molecule has 0 saturated carbocycles. The van der Waals surface area contributed by atoms with E-state index < -0.39 is 9.84 Å². The van der Waals surface area contributed by atoms with Crippen LogP contribution in [0.1, 0.15) is 11.1 Å². The van der Waals surface area contributed by atoms with Crippen molar-refractivity contribution in [3.63, 3.8) is 0 Å². The standard InChI is InChI=1S/C15H18N2O3S2/c1-10-4-3-5-11(6-10)7-14(18)16-15-17(2)12-8-22(19,20)9-13(12)21-15/h3-6,12-13H,7-9H2,1-2H3/t12-,13-/m0/s1. The molecule has 2 aliphatic rings. The number of carbonyl (C=O) groups excluding carboxylic acids is 1. The molecule has 2 fully saturated rings. The topological polar surface area (TPSA) is 66.8 Å². The molecule has 118 valence electrons. The van der Waals surface area contributed by atoms with E-state index in [9.17, 15) is 13.2 Å². The number of aryl methyl sites for hydroxylation is 1. The van der Waals surface area contributed by atoms with Crippen LogP contribution in [-0.4, -0.2) is 54.2 Å². The lowest BCUT2D eigenvalue weighted by Gasteiger charge is -2.17. The van der Waals surface area contributed by atoms with Gasteiger partial charge in [-0.25, -0.2) is 8.42 Å². The van der Waals surface area contributed by atoms with Crippen LogP contribution in [0.4, 0.5) is 0 Å². The lowest BCUT2D eigenvalue weighted by molar-refractivity contribution is -0.117. The molecule has 0 bridgehead atoms. The number of sulfone groups is 1. The van der Waals surface area contributed by atoms with Gasteiger partial charge in [-0.3, -0.25) is 4.79 Å². The largest absolute Gasteiger partial charge is 0.349 e. The molecule has 7 heteroatoms. The average Bonchev–Trinajstić information content (AvgIpc) is 2.84. The molecular formula is C15H18N2O3S2. The summed E-state index contributed by atoms with van der Waals surface area (Å²) in [6, 6.07) is 7.75. The van der Waals surface area contributed by atoms with E-state index in [2.05, 4.69) is 4.99 Å². The summed E-state index contributed by atoms with van der Waals surface area (Å²) in [7, 11) is -1.13. The normalized spacial score (nSPS) is 28.1. The van der Waals surface area contributed by atoms with Crippen molar-refractivity contribution in [1.82, 2.24) is 4.90 Å². The number of amidine groups is 1. The lowest BCUT2D eigenvalue weighted by atomic mass is 10.1. The van der Waals surface area contributed by atoms with Crippen molar-refractivity contribution in [1.29, 1.82) is 0 Å². The first-order valence-corrected chi connectivity index (χ1v) is 9.81. The lowest BCUT2D eigenvalue weighted by Crippen LogP contribution is -2.34. The first kappa shape index (κ1) is 15.6. The minimum Gasteiger partial charge on any atom is -0.349 e. The summed E-state index contributed by atoms with van der Waals surface area (Å²) in [5, 5.41) is 0.642. The van der Waals surface area contributed by atoms with Crippen molar-refractivity contribution in [3.8, 4) is 0 Å². The van der Waals surface area contributed by atoms with E-state index in [1.54, 1.807) is 0 Å². The van der Waals surface area contributed by atoms with Crippen molar-refractivity contribution < 1.29 is 13.2 Å².